The summed E-state index contributed by atoms with van der Waals surface area (Å²) >= 11 is 3.10. The average molecular weight is 470 g/mol. The van der Waals surface area contributed by atoms with Gasteiger partial charge in [-0.3, -0.25) is 0 Å². The third kappa shape index (κ3) is 2.60. The van der Waals surface area contributed by atoms with Gasteiger partial charge in [0.05, 0.1) is 9.37 Å². The maximum Gasteiger partial charge on any atom is 0.358 e. The molecule has 2 aromatic carbocycles. The number of aromatic nitrogens is 1. The lowest BCUT2D eigenvalue weighted by molar-refractivity contribution is -0.147. The van der Waals surface area contributed by atoms with Crippen LogP contribution in [0.25, 0.3) is 10.9 Å². The van der Waals surface area contributed by atoms with Crippen molar-refractivity contribution in [1.82, 2.24) is 4.98 Å². The summed E-state index contributed by atoms with van der Waals surface area (Å²) in [6.45, 7) is 0. The smallest absolute Gasteiger partial charge is 0.358 e. The Hall–Kier alpha value is -2.26. The lowest BCUT2D eigenvalue weighted by atomic mass is 9.98. The summed E-state index contributed by atoms with van der Waals surface area (Å²) in [4.78, 5) is 14.4. The number of carboxylic acids is 1. The van der Waals surface area contributed by atoms with Crippen molar-refractivity contribution in [3.05, 3.63) is 64.0 Å². The van der Waals surface area contributed by atoms with Crippen LogP contribution in [0, 0.1) is 11.7 Å². The number of H-pyrrole nitrogens is 1. The lowest BCUT2D eigenvalue weighted by Gasteiger charge is -2.27. The molecule has 2 unspecified atom stereocenters. The predicted molar refractivity (Wildman–Crippen MR) is 102 cm³/mol. The van der Waals surface area contributed by atoms with Crippen molar-refractivity contribution in [2.75, 3.05) is 0 Å². The van der Waals surface area contributed by atoms with Gasteiger partial charge in [0.15, 0.2) is 0 Å². The summed E-state index contributed by atoms with van der Waals surface area (Å²) in [6, 6.07) is 9.54. The van der Waals surface area contributed by atoms with E-state index in [0.29, 0.717) is 22.2 Å². The van der Waals surface area contributed by atoms with E-state index in [-0.39, 0.29) is 22.2 Å². The van der Waals surface area contributed by atoms with E-state index < -0.39 is 32.5 Å². The van der Waals surface area contributed by atoms with E-state index in [4.69, 9.17) is 0 Å². The maximum atomic E-state index is 15.8. The zero-order valence-corrected chi connectivity index (χ0v) is 16.6. The second kappa shape index (κ2) is 6.38. The van der Waals surface area contributed by atoms with E-state index >= 15 is 4.39 Å². The van der Waals surface area contributed by atoms with Gasteiger partial charge in [0.25, 0.3) is 0 Å². The van der Waals surface area contributed by atoms with Crippen LogP contribution < -0.4 is 0 Å². The first-order valence-electron chi connectivity index (χ1n) is 8.36. The van der Waals surface area contributed by atoms with Crippen LogP contribution >= 0.6 is 15.9 Å². The van der Waals surface area contributed by atoms with Crippen LogP contribution in [0.3, 0.4) is 0 Å². The number of hydrogen-bond donors (Lipinski definition) is 2. The van der Waals surface area contributed by atoms with Gasteiger partial charge in [0.1, 0.15) is 5.82 Å². The third-order valence-electron chi connectivity index (χ3n) is 5.20. The van der Waals surface area contributed by atoms with Crippen molar-refractivity contribution >= 4 is 42.6 Å². The van der Waals surface area contributed by atoms with Crippen LogP contribution in [0.15, 0.2) is 51.8 Å². The van der Waals surface area contributed by atoms with Crippen LogP contribution in [0.1, 0.15) is 11.3 Å². The maximum absolute atomic E-state index is 15.8. The number of alkyl halides is 1. The summed E-state index contributed by atoms with van der Waals surface area (Å²) in [5, 5.41) is 6.70. The molecule has 0 spiro atoms. The SMILES string of the molecule is O=C(O)C(F)(C1Cc2[nH]c3cc(F)c(Br)cc3c2C1)S(=O)(=O)c1ccccc1. The molecule has 1 aromatic heterocycles. The van der Waals surface area contributed by atoms with Crippen LogP contribution in [-0.2, 0) is 27.5 Å². The predicted octanol–water partition coefficient (Wildman–Crippen LogP) is 4.01. The van der Waals surface area contributed by atoms with Gasteiger partial charge in [-0.2, -0.15) is 0 Å². The molecule has 0 fully saturated rings. The second-order valence-corrected chi connectivity index (χ2v) is 9.69. The van der Waals surface area contributed by atoms with Crippen molar-refractivity contribution in [2.45, 2.75) is 22.7 Å². The summed E-state index contributed by atoms with van der Waals surface area (Å²) < 4.78 is 55.5. The number of benzene rings is 2. The molecule has 1 aliphatic carbocycles. The second-order valence-electron chi connectivity index (χ2n) is 6.77. The molecule has 2 N–H and O–H groups in total. The molecule has 9 heteroatoms. The first-order valence-corrected chi connectivity index (χ1v) is 10.6. The molecule has 1 aliphatic rings. The van der Waals surface area contributed by atoms with E-state index in [1.54, 1.807) is 6.07 Å². The number of hydrogen-bond acceptors (Lipinski definition) is 3. The highest BCUT2D eigenvalue weighted by Gasteiger charge is 2.60. The average Bonchev–Trinajstić information content (AvgIpc) is 3.20. The summed E-state index contributed by atoms with van der Waals surface area (Å²) in [6.07, 6.45) is -0.208. The topological polar surface area (TPSA) is 87.2 Å². The van der Waals surface area contributed by atoms with Crippen LogP contribution in [0.2, 0.25) is 0 Å². The van der Waals surface area contributed by atoms with Gasteiger partial charge >= 0.3 is 11.0 Å². The quantitative estimate of drug-likeness (QED) is 0.604. The molecule has 2 atom stereocenters. The molecule has 1 heterocycles. The molecule has 0 aliphatic heterocycles. The van der Waals surface area contributed by atoms with Gasteiger partial charge in [0.2, 0.25) is 9.84 Å². The van der Waals surface area contributed by atoms with E-state index in [1.165, 1.54) is 36.4 Å². The van der Waals surface area contributed by atoms with Gasteiger partial charge in [-0.15, -0.1) is 0 Å². The molecule has 146 valence electrons. The largest absolute Gasteiger partial charge is 0.478 e. The Morgan fingerprint density at radius 3 is 2.54 bits per heavy atom. The number of aliphatic carboxylic acids is 1. The molecule has 28 heavy (non-hydrogen) atoms. The number of rotatable bonds is 4. The molecule has 0 amide bonds. The molecular formula is C19H14BrF2NO4S. The van der Waals surface area contributed by atoms with Gasteiger partial charge in [-0.05, 0) is 58.6 Å². The zero-order chi connectivity index (χ0) is 20.3. The first-order chi connectivity index (χ1) is 13.2. The van der Waals surface area contributed by atoms with Crippen LogP contribution in [0.4, 0.5) is 8.78 Å². The van der Waals surface area contributed by atoms with E-state index in [2.05, 4.69) is 20.9 Å². The Labute approximate surface area is 167 Å². The van der Waals surface area contributed by atoms with Crippen LogP contribution in [-0.4, -0.2) is 29.5 Å². The zero-order valence-electron chi connectivity index (χ0n) is 14.2. The lowest BCUT2D eigenvalue weighted by Crippen LogP contribution is -2.49. The molecule has 3 aromatic rings. The fourth-order valence-electron chi connectivity index (χ4n) is 3.82. The number of fused-ring (bicyclic) bond motifs is 3. The Morgan fingerprint density at radius 1 is 1.21 bits per heavy atom. The summed E-state index contributed by atoms with van der Waals surface area (Å²) in [5.41, 5.74) is 1.62. The number of carbonyl (C=O) groups is 1. The summed E-state index contributed by atoms with van der Waals surface area (Å²) in [7, 11) is -4.80. The number of nitrogens with one attached hydrogen (secondary N) is 1. The van der Waals surface area contributed by atoms with Crippen molar-refractivity contribution in [3.8, 4) is 0 Å². The molecular weight excluding hydrogens is 456 g/mol. The van der Waals surface area contributed by atoms with Gasteiger partial charge in [0, 0.05) is 22.5 Å². The first kappa shape index (κ1) is 19.1. The Morgan fingerprint density at radius 2 is 1.89 bits per heavy atom. The third-order valence-corrected chi connectivity index (χ3v) is 7.99. The minimum atomic E-state index is -4.80. The standard InChI is InChI=1S/C19H14BrF2NO4S/c20-14-8-13-12-6-10(7-16(12)23-17(13)9-15(14)21)19(22,18(24)25)28(26,27)11-4-2-1-3-5-11/h1-5,8-10,23H,6-7H2,(H,24,25). The minimum absolute atomic E-state index is 0.0950. The summed E-state index contributed by atoms with van der Waals surface area (Å²) in [5.74, 6) is -3.83. The van der Waals surface area contributed by atoms with Crippen molar-refractivity contribution < 1.29 is 27.1 Å². The molecule has 0 saturated carbocycles. The number of aromatic amines is 1. The van der Waals surface area contributed by atoms with Gasteiger partial charge < -0.3 is 10.1 Å². The van der Waals surface area contributed by atoms with Gasteiger partial charge in [-0.25, -0.2) is 22.0 Å². The minimum Gasteiger partial charge on any atom is -0.478 e. The van der Waals surface area contributed by atoms with Crippen molar-refractivity contribution in [1.29, 1.82) is 0 Å². The van der Waals surface area contributed by atoms with Crippen molar-refractivity contribution in [2.24, 2.45) is 5.92 Å². The molecule has 0 saturated heterocycles. The monoisotopic (exact) mass is 469 g/mol. The highest BCUT2D eigenvalue weighted by molar-refractivity contribution is 9.10. The van der Waals surface area contributed by atoms with Crippen molar-refractivity contribution in [3.63, 3.8) is 0 Å². The fraction of sp³-hybridized carbons (Fsp3) is 0.211. The van der Waals surface area contributed by atoms with E-state index in [9.17, 15) is 22.7 Å². The number of halogens is 3. The Balaban J connectivity index is 1.80. The Kier molecular flexibility index (Phi) is 4.35. The molecule has 0 radical (unpaired) electrons. The fourth-order valence-corrected chi connectivity index (χ4v) is 5.85. The molecule has 5 nitrogen and oxygen atoms in total. The van der Waals surface area contributed by atoms with Crippen LogP contribution in [0.5, 0.6) is 0 Å². The van der Waals surface area contributed by atoms with E-state index in [1.807, 2.05) is 0 Å². The highest BCUT2D eigenvalue weighted by Crippen LogP contribution is 2.44. The number of sulfone groups is 1. The van der Waals surface area contributed by atoms with Gasteiger partial charge in [-0.1, -0.05) is 18.2 Å². The number of carboxylic acid groups (broad SMARTS) is 1. The normalized spacial score (nSPS) is 18.8. The molecule has 0 bridgehead atoms. The highest BCUT2D eigenvalue weighted by atomic mass is 79.9. The Bertz CT molecular complexity index is 1210. The van der Waals surface area contributed by atoms with E-state index in [0.717, 1.165) is 0 Å². The molecule has 4 rings (SSSR count).